The molecule has 20 heavy (non-hydrogen) atoms. The van der Waals surface area contributed by atoms with Crippen molar-refractivity contribution in [2.45, 2.75) is 12.1 Å². The van der Waals surface area contributed by atoms with Gasteiger partial charge >= 0.3 is 6.09 Å². The van der Waals surface area contributed by atoms with E-state index in [1.54, 1.807) is 6.07 Å². The molecular formula is C13H14FN3O3. The van der Waals surface area contributed by atoms with E-state index in [4.69, 9.17) is 10.5 Å². The molecule has 2 heterocycles. The monoisotopic (exact) mass is 279 g/mol. The molecule has 6 nitrogen and oxygen atoms in total. The summed E-state index contributed by atoms with van der Waals surface area (Å²) >= 11 is 0. The molecule has 7 heteroatoms. The first-order valence-corrected chi connectivity index (χ1v) is 6.27. The zero-order valence-corrected chi connectivity index (χ0v) is 10.9. The van der Waals surface area contributed by atoms with Crippen molar-refractivity contribution in [3.63, 3.8) is 0 Å². The van der Waals surface area contributed by atoms with Crippen molar-refractivity contribution in [2.24, 2.45) is 5.73 Å². The highest BCUT2D eigenvalue weighted by Crippen LogP contribution is 2.41. The Labute approximate surface area is 114 Å². The largest absolute Gasteiger partial charge is 0.447 e. The highest BCUT2D eigenvalue weighted by molar-refractivity contribution is 6.05. The number of nitrogens with two attached hydrogens (primary N) is 1. The Morgan fingerprint density at radius 2 is 2.20 bits per heavy atom. The van der Waals surface area contributed by atoms with Gasteiger partial charge in [0.25, 0.3) is 5.91 Å². The first-order chi connectivity index (χ1) is 9.56. The molecule has 0 aromatic heterocycles. The third kappa shape index (κ3) is 1.59. The summed E-state index contributed by atoms with van der Waals surface area (Å²) in [5, 5.41) is 0. The fraction of sp³-hybridized carbons (Fsp3) is 0.385. The third-order valence-electron chi connectivity index (χ3n) is 3.77. The number of likely N-dealkylation sites (N-methyl/N-ethyl adjacent to an activating group) is 1. The van der Waals surface area contributed by atoms with Crippen LogP contribution in [0.5, 0.6) is 0 Å². The van der Waals surface area contributed by atoms with Gasteiger partial charge in [-0.2, -0.15) is 0 Å². The molecule has 2 aliphatic rings. The minimum atomic E-state index is -0.866. The molecule has 2 unspecified atom stereocenters. The molecule has 0 bridgehead atoms. The highest BCUT2D eigenvalue weighted by Gasteiger charge is 2.48. The smallest absolute Gasteiger partial charge is 0.411 e. The van der Waals surface area contributed by atoms with Gasteiger partial charge in [-0.1, -0.05) is 12.1 Å². The van der Waals surface area contributed by atoms with Gasteiger partial charge in [0.2, 0.25) is 0 Å². The number of benzene rings is 1. The lowest BCUT2D eigenvalue weighted by molar-refractivity contribution is -0.122. The molecule has 1 saturated heterocycles. The number of para-hydroxylation sites is 1. The topological polar surface area (TPSA) is 75.9 Å². The van der Waals surface area contributed by atoms with E-state index in [2.05, 4.69) is 0 Å². The lowest BCUT2D eigenvalue weighted by atomic mass is 10.1. The molecule has 1 fully saturated rings. The Morgan fingerprint density at radius 3 is 2.90 bits per heavy atom. The van der Waals surface area contributed by atoms with Gasteiger partial charge in [-0.05, 0) is 6.07 Å². The van der Waals surface area contributed by atoms with E-state index in [1.807, 2.05) is 0 Å². The fourth-order valence-corrected chi connectivity index (χ4v) is 2.77. The van der Waals surface area contributed by atoms with Gasteiger partial charge in [-0.25, -0.2) is 9.18 Å². The van der Waals surface area contributed by atoms with E-state index < -0.39 is 18.0 Å². The lowest BCUT2D eigenvalue weighted by Gasteiger charge is -2.25. The van der Waals surface area contributed by atoms with Crippen molar-refractivity contribution < 1.29 is 18.7 Å². The Hall–Kier alpha value is -2.15. The number of hydrogen-bond donors (Lipinski definition) is 1. The van der Waals surface area contributed by atoms with Gasteiger partial charge in [0.15, 0.2) is 0 Å². The number of carbonyl (C=O) groups is 2. The third-order valence-corrected chi connectivity index (χ3v) is 3.77. The summed E-state index contributed by atoms with van der Waals surface area (Å²) in [6.07, 6.45) is -0.593. The minimum absolute atomic E-state index is 0.146. The lowest BCUT2D eigenvalue weighted by Crippen LogP contribution is -2.44. The van der Waals surface area contributed by atoms with Crippen LogP contribution in [0.25, 0.3) is 0 Å². The SMILES string of the molecule is CN1C(=O)C(N2C(=O)OCC2CN)c2cccc(F)c21. The molecule has 0 aliphatic carbocycles. The Kier molecular flexibility index (Phi) is 2.86. The molecule has 106 valence electrons. The minimum Gasteiger partial charge on any atom is -0.447 e. The molecule has 1 aromatic rings. The molecule has 2 amide bonds. The molecular weight excluding hydrogens is 265 g/mol. The van der Waals surface area contributed by atoms with Crippen molar-refractivity contribution >= 4 is 17.7 Å². The van der Waals surface area contributed by atoms with Gasteiger partial charge in [0.05, 0.1) is 11.7 Å². The second-order valence-corrected chi connectivity index (χ2v) is 4.85. The van der Waals surface area contributed by atoms with Crippen molar-refractivity contribution in [3.05, 3.63) is 29.6 Å². The zero-order valence-electron chi connectivity index (χ0n) is 10.9. The number of halogens is 1. The number of fused-ring (bicyclic) bond motifs is 1. The number of rotatable bonds is 2. The van der Waals surface area contributed by atoms with E-state index in [0.29, 0.717) is 5.56 Å². The Morgan fingerprint density at radius 1 is 1.45 bits per heavy atom. The van der Waals surface area contributed by atoms with Crippen molar-refractivity contribution in [3.8, 4) is 0 Å². The summed E-state index contributed by atoms with van der Waals surface area (Å²) in [6.45, 7) is 0.331. The predicted molar refractivity (Wildman–Crippen MR) is 68.6 cm³/mol. The van der Waals surface area contributed by atoms with Crippen LogP contribution in [0.15, 0.2) is 18.2 Å². The fourth-order valence-electron chi connectivity index (χ4n) is 2.77. The second-order valence-electron chi connectivity index (χ2n) is 4.85. The van der Waals surface area contributed by atoms with E-state index in [1.165, 1.54) is 29.0 Å². The molecule has 2 atom stereocenters. The number of nitrogens with zero attached hydrogens (tertiary/aromatic N) is 2. The maximum Gasteiger partial charge on any atom is 0.411 e. The van der Waals surface area contributed by atoms with Crippen LogP contribution >= 0.6 is 0 Å². The highest BCUT2D eigenvalue weighted by atomic mass is 19.1. The summed E-state index contributed by atoms with van der Waals surface area (Å²) < 4.78 is 18.9. The molecule has 3 rings (SSSR count). The first-order valence-electron chi connectivity index (χ1n) is 6.27. The molecule has 0 spiro atoms. The summed E-state index contributed by atoms with van der Waals surface area (Å²) in [7, 11) is 1.49. The number of carbonyl (C=O) groups excluding carboxylic acids is 2. The van der Waals surface area contributed by atoms with Gasteiger partial charge < -0.3 is 15.4 Å². The van der Waals surface area contributed by atoms with Crippen LogP contribution in [0, 0.1) is 5.82 Å². The average molecular weight is 279 g/mol. The summed E-state index contributed by atoms with van der Waals surface area (Å²) in [6, 6.07) is 3.21. The maximum absolute atomic E-state index is 13.9. The standard InChI is InChI=1S/C13H14FN3O3/c1-16-10-8(3-2-4-9(10)14)11(12(16)18)17-7(5-15)6-20-13(17)19/h2-4,7,11H,5-6,15H2,1H3. The Balaban J connectivity index is 2.09. The zero-order chi connectivity index (χ0) is 14.4. The molecule has 0 radical (unpaired) electrons. The summed E-state index contributed by atoms with van der Waals surface area (Å²) in [5.41, 5.74) is 6.28. The van der Waals surface area contributed by atoms with Crippen molar-refractivity contribution in [1.82, 2.24) is 4.90 Å². The predicted octanol–water partition coefficient (Wildman–Crippen LogP) is 0.623. The Bertz CT molecular complexity index is 592. The van der Waals surface area contributed by atoms with E-state index in [-0.39, 0.29) is 30.8 Å². The first kappa shape index (κ1) is 12.9. The molecule has 2 N–H and O–H groups in total. The quantitative estimate of drug-likeness (QED) is 0.861. The van der Waals surface area contributed by atoms with E-state index in [0.717, 1.165) is 0 Å². The normalized spacial score (nSPS) is 25.1. The van der Waals surface area contributed by atoms with Crippen LogP contribution in [0.2, 0.25) is 0 Å². The summed E-state index contributed by atoms with van der Waals surface area (Å²) in [5.74, 6) is -0.847. The van der Waals surface area contributed by atoms with Crippen molar-refractivity contribution in [1.29, 1.82) is 0 Å². The van der Waals surface area contributed by atoms with Crippen LogP contribution < -0.4 is 10.6 Å². The van der Waals surface area contributed by atoms with Gasteiger partial charge in [-0.3, -0.25) is 9.69 Å². The number of anilines is 1. The van der Waals surface area contributed by atoms with E-state index >= 15 is 0 Å². The van der Waals surface area contributed by atoms with Crippen LogP contribution in [-0.2, 0) is 9.53 Å². The number of hydrogen-bond acceptors (Lipinski definition) is 4. The summed E-state index contributed by atoms with van der Waals surface area (Å²) in [4.78, 5) is 26.8. The van der Waals surface area contributed by atoms with Crippen LogP contribution in [-0.4, -0.2) is 43.1 Å². The van der Waals surface area contributed by atoms with Crippen LogP contribution in [0.1, 0.15) is 11.6 Å². The van der Waals surface area contributed by atoms with Crippen LogP contribution in [0.4, 0.5) is 14.9 Å². The van der Waals surface area contributed by atoms with E-state index in [9.17, 15) is 14.0 Å². The number of cyclic esters (lactones) is 1. The molecule has 2 aliphatic heterocycles. The number of amides is 2. The van der Waals surface area contributed by atoms with Crippen LogP contribution in [0.3, 0.4) is 0 Å². The molecule has 0 saturated carbocycles. The molecule has 1 aromatic carbocycles. The number of ether oxygens (including phenoxy) is 1. The van der Waals surface area contributed by atoms with Gasteiger partial charge in [-0.15, -0.1) is 0 Å². The maximum atomic E-state index is 13.9. The van der Waals surface area contributed by atoms with Gasteiger partial charge in [0, 0.05) is 19.2 Å². The van der Waals surface area contributed by atoms with Gasteiger partial charge in [0.1, 0.15) is 18.5 Å². The van der Waals surface area contributed by atoms with Crippen molar-refractivity contribution in [2.75, 3.05) is 25.1 Å². The second kappa shape index (κ2) is 4.45. The average Bonchev–Trinajstić information content (AvgIpc) is 2.90.